The van der Waals surface area contributed by atoms with Crippen LogP contribution in [0.25, 0.3) is 0 Å². The number of carbonyl (C=O) groups is 2. The Morgan fingerprint density at radius 2 is 1.88 bits per heavy atom. The van der Waals surface area contributed by atoms with E-state index < -0.39 is 0 Å². The SMILES string of the molecule is O=C1NC(=O)c2c(CCCCCO)cccc21. The Balaban J connectivity index is 2.14. The topological polar surface area (TPSA) is 66.4 Å². The third kappa shape index (κ3) is 2.36. The van der Waals surface area contributed by atoms with E-state index in [1.165, 1.54) is 0 Å². The van der Waals surface area contributed by atoms with Gasteiger partial charge in [-0.3, -0.25) is 14.9 Å². The van der Waals surface area contributed by atoms with Gasteiger partial charge in [-0.05, 0) is 30.9 Å². The van der Waals surface area contributed by atoms with Crippen LogP contribution in [0.2, 0.25) is 0 Å². The third-order valence-electron chi connectivity index (χ3n) is 2.95. The first-order valence-electron chi connectivity index (χ1n) is 5.82. The van der Waals surface area contributed by atoms with E-state index in [9.17, 15) is 9.59 Å². The van der Waals surface area contributed by atoms with E-state index in [1.807, 2.05) is 6.07 Å². The van der Waals surface area contributed by atoms with Crippen LogP contribution in [0, 0.1) is 0 Å². The van der Waals surface area contributed by atoms with Crippen LogP contribution in [-0.4, -0.2) is 23.5 Å². The number of nitrogens with one attached hydrogen (secondary N) is 1. The molecule has 17 heavy (non-hydrogen) atoms. The van der Waals surface area contributed by atoms with Gasteiger partial charge in [-0.2, -0.15) is 0 Å². The van der Waals surface area contributed by atoms with Gasteiger partial charge in [0.2, 0.25) is 0 Å². The average molecular weight is 233 g/mol. The summed E-state index contributed by atoms with van der Waals surface area (Å²) in [4.78, 5) is 23.1. The number of fused-ring (bicyclic) bond motifs is 1. The monoisotopic (exact) mass is 233 g/mol. The van der Waals surface area contributed by atoms with Crippen molar-refractivity contribution < 1.29 is 14.7 Å². The van der Waals surface area contributed by atoms with E-state index >= 15 is 0 Å². The minimum Gasteiger partial charge on any atom is -0.396 e. The fraction of sp³-hybridized carbons (Fsp3) is 0.385. The maximum Gasteiger partial charge on any atom is 0.259 e. The van der Waals surface area contributed by atoms with Crippen LogP contribution >= 0.6 is 0 Å². The van der Waals surface area contributed by atoms with Crippen LogP contribution < -0.4 is 5.32 Å². The highest BCUT2D eigenvalue weighted by atomic mass is 16.3. The lowest BCUT2D eigenvalue weighted by Gasteiger charge is -2.05. The predicted octanol–water partition coefficient (Wildman–Crippen LogP) is 1.28. The number of benzene rings is 1. The molecule has 1 aliphatic rings. The van der Waals surface area contributed by atoms with Crippen LogP contribution in [0.15, 0.2) is 18.2 Å². The maximum atomic E-state index is 11.6. The molecule has 1 heterocycles. The molecule has 1 aromatic carbocycles. The van der Waals surface area contributed by atoms with Crippen molar-refractivity contribution in [3.63, 3.8) is 0 Å². The van der Waals surface area contributed by atoms with E-state index in [2.05, 4.69) is 5.32 Å². The number of imide groups is 1. The van der Waals surface area contributed by atoms with Gasteiger partial charge in [0, 0.05) is 6.61 Å². The quantitative estimate of drug-likeness (QED) is 0.594. The van der Waals surface area contributed by atoms with E-state index in [-0.39, 0.29) is 18.4 Å². The van der Waals surface area contributed by atoms with Gasteiger partial charge < -0.3 is 5.11 Å². The molecule has 0 aliphatic carbocycles. The summed E-state index contributed by atoms with van der Waals surface area (Å²) in [6.45, 7) is 0.200. The van der Waals surface area contributed by atoms with Gasteiger partial charge in [0.15, 0.2) is 0 Å². The first-order chi connectivity index (χ1) is 8.24. The molecular weight excluding hydrogens is 218 g/mol. The number of unbranched alkanes of at least 4 members (excludes halogenated alkanes) is 2. The molecule has 0 fully saturated rings. The van der Waals surface area contributed by atoms with Crippen LogP contribution in [0.5, 0.6) is 0 Å². The number of hydrogen-bond donors (Lipinski definition) is 2. The summed E-state index contributed by atoms with van der Waals surface area (Å²) in [5, 5.41) is 11.0. The molecule has 0 atom stereocenters. The van der Waals surface area contributed by atoms with Crippen molar-refractivity contribution >= 4 is 11.8 Å². The molecule has 2 amide bonds. The summed E-state index contributed by atoms with van der Waals surface area (Å²) < 4.78 is 0. The van der Waals surface area contributed by atoms with E-state index in [0.29, 0.717) is 11.1 Å². The Labute approximate surface area is 99.6 Å². The molecule has 0 bridgehead atoms. The minimum absolute atomic E-state index is 0.200. The first-order valence-corrected chi connectivity index (χ1v) is 5.82. The zero-order valence-corrected chi connectivity index (χ0v) is 9.53. The number of amides is 2. The summed E-state index contributed by atoms with van der Waals surface area (Å²) in [7, 11) is 0. The Kier molecular flexibility index (Phi) is 3.54. The average Bonchev–Trinajstić information content (AvgIpc) is 2.62. The van der Waals surface area contributed by atoms with Gasteiger partial charge >= 0.3 is 0 Å². The molecule has 4 nitrogen and oxygen atoms in total. The fourth-order valence-electron chi connectivity index (χ4n) is 2.10. The van der Waals surface area contributed by atoms with Crippen LogP contribution in [0.4, 0.5) is 0 Å². The fourth-order valence-corrected chi connectivity index (χ4v) is 2.10. The van der Waals surface area contributed by atoms with E-state index in [4.69, 9.17) is 5.11 Å². The molecule has 0 spiro atoms. The van der Waals surface area contributed by atoms with Crippen molar-refractivity contribution in [3.05, 3.63) is 34.9 Å². The summed E-state index contributed by atoms with van der Waals surface area (Å²) in [5.74, 6) is -0.593. The smallest absolute Gasteiger partial charge is 0.259 e. The van der Waals surface area contributed by atoms with E-state index in [0.717, 1.165) is 31.2 Å². The van der Waals surface area contributed by atoms with Gasteiger partial charge in [-0.25, -0.2) is 0 Å². The summed E-state index contributed by atoms with van der Waals surface area (Å²) >= 11 is 0. The van der Waals surface area contributed by atoms with Crippen molar-refractivity contribution in [3.8, 4) is 0 Å². The lowest BCUT2D eigenvalue weighted by Crippen LogP contribution is -2.20. The van der Waals surface area contributed by atoms with Crippen LogP contribution in [0.3, 0.4) is 0 Å². The second-order valence-electron chi connectivity index (χ2n) is 4.16. The third-order valence-corrected chi connectivity index (χ3v) is 2.95. The molecule has 0 aromatic heterocycles. The van der Waals surface area contributed by atoms with Crippen molar-refractivity contribution in [1.29, 1.82) is 0 Å². The molecule has 0 saturated heterocycles. The zero-order chi connectivity index (χ0) is 12.3. The zero-order valence-electron chi connectivity index (χ0n) is 9.53. The van der Waals surface area contributed by atoms with E-state index in [1.54, 1.807) is 12.1 Å². The number of aliphatic hydroxyl groups excluding tert-OH is 1. The molecule has 0 saturated carbocycles. The maximum absolute atomic E-state index is 11.6. The molecule has 4 heteroatoms. The Bertz CT molecular complexity index is 454. The van der Waals surface area contributed by atoms with Crippen molar-refractivity contribution in [2.45, 2.75) is 25.7 Å². The second kappa shape index (κ2) is 5.10. The molecule has 1 aliphatic heterocycles. The molecule has 0 radical (unpaired) electrons. The number of aryl methyl sites for hydroxylation is 1. The molecular formula is C13H15NO3. The van der Waals surface area contributed by atoms with Crippen molar-refractivity contribution in [2.75, 3.05) is 6.61 Å². The molecule has 90 valence electrons. The number of aliphatic hydroxyl groups is 1. The van der Waals surface area contributed by atoms with Crippen molar-refractivity contribution in [1.82, 2.24) is 5.32 Å². The Morgan fingerprint density at radius 3 is 2.65 bits per heavy atom. The van der Waals surface area contributed by atoms with Gasteiger partial charge in [-0.1, -0.05) is 18.6 Å². The largest absolute Gasteiger partial charge is 0.396 e. The van der Waals surface area contributed by atoms with Crippen LogP contribution in [0.1, 0.15) is 45.5 Å². The molecule has 1 aromatic rings. The number of rotatable bonds is 5. The standard InChI is InChI=1S/C13H15NO3/c15-8-3-1-2-5-9-6-4-7-10-11(9)13(17)14-12(10)16/h4,6-7,15H,1-3,5,8H2,(H,14,16,17). The van der Waals surface area contributed by atoms with Gasteiger partial charge in [-0.15, -0.1) is 0 Å². The predicted molar refractivity (Wildman–Crippen MR) is 62.9 cm³/mol. The van der Waals surface area contributed by atoms with Gasteiger partial charge in [0.1, 0.15) is 0 Å². The summed E-state index contributed by atoms with van der Waals surface area (Å²) in [5.41, 5.74) is 1.93. The lowest BCUT2D eigenvalue weighted by molar-refractivity contribution is 0.0879. The first kappa shape index (κ1) is 11.8. The Hall–Kier alpha value is -1.68. The Morgan fingerprint density at radius 1 is 1.06 bits per heavy atom. The summed E-state index contributed by atoms with van der Waals surface area (Å²) in [6, 6.07) is 5.36. The molecule has 2 N–H and O–H groups in total. The lowest BCUT2D eigenvalue weighted by atomic mass is 9.98. The van der Waals surface area contributed by atoms with Crippen LogP contribution in [-0.2, 0) is 6.42 Å². The normalized spacial score (nSPS) is 13.7. The second-order valence-corrected chi connectivity index (χ2v) is 4.16. The van der Waals surface area contributed by atoms with Gasteiger partial charge in [0.25, 0.3) is 11.8 Å². The highest BCUT2D eigenvalue weighted by molar-refractivity contribution is 6.22. The molecule has 0 unspecified atom stereocenters. The number of carbonyl (C=O) groups excluding carboxylic acids is 2. The van der Waals surface area contributed by atoms with Gasteiger partial charge in [0.05, 0.1) is 11.1 Å². The highest BCUT2D eigenvalue weighted by Crippen LogP contribution is 2.21. The summed E-state index contributed by atoms with van der Waals surface area (Å²) in [6.07, 6.45) is 3.39. The minimum atomic E-state index is -0.304. The van der Waals surface area contributed by atoms with Crippen molar-refractivity contribution in [2.24, 2.45) is 0 Å². The highest BCUT2D eigenvalue weighted by Gasteiger charge is 2.28. The molecule has 2 rings (SSSR count). The number of hydrogen-bond acceptors (Lipinski definition) is 3.